The molecule has 1 aliphatic rings. The smallest absolute Gasteiger partial charge is 0.228 e. The van der Waals surface area contributed by atoms with E-state index in [2.05, 4.69) is 11.8 Å². The van der Waals surface area contributed by atoms with Crippen LogP contribution in [0.4, 0.5) is 4.39 Å². The number of benzene rings is 1. The van der Waals surface area contributed by atoms with Crippen LogP contribution in [-0.4, -0.2) is 45.1 Å². The van der Waals surface area contributed by atoms with Crippen molar-refractivity contribution in [2.75, 3.05) is 19.6 Å². The van der Waals surface area contributed by atoms with Crippen molar-refractivity contribution in [3.63, 3.8) is 0 Å². The molecule has 7 heteroatoms. The molecule has 0 saturated heterocycles. The maximum absolute atomic E-state index is 14.6. The highest BCUT2D eigenvalue weighted by Crippen LogP contribution is 2.27. The first-order chi connectivity index (χ1) is 15.1. The predicted octanol–water partition coefficient (Wildman–Crippen LogP) is 4.43. The van der Waals surface area contributed by atoms with Gasteiger partial charge < -0.3 is 4.90 Å². The van der Waals surface area contributed by atoms with E-state index < -0.39 is 0 Å². The molecule has 0 aliphatic carbocycles. The van der Waals surface area contributed by atoms with Crippen LogP contribution >= 0.6 is 11.3 Å². The number of carbonyl (C=O) groups is 1. The van der Waals surface area contributed by atoms with Crippen molar-refractivity contribution in [2.24, 2.45) is 0 Å². The lowest BCUT2D eigenvalue weighted by atomic mass is 10.0. The fourth-order valence-corrected chi connectivity index (χ4v) is 4.93. The van der Waals surface area contributed by atoms with Crippen molar-refractivity contribution >= 4 is 17.2 Å². The third kappa shape index (κ3) is 4.72. The molecule has 0 N–H and O–H groups in total. The van der Waals surface area contributed by atoms with Crippen molar-refractivity contribution in [1.29, 1.82) is 0 Å². The lowest BCUT2D eigenvalue weighted by Gasteiger charge is -2.28. The second-order valence-corrected chi connectivity index (χ2v) is 8.96. The van der Waals surface area contributed by atoms with E-state index in [9.17, 15) is 9.18 Å². The zero-order valence-electron chi connectivity index (χ0n) is 18.2. The number of aromatic nitrogens is 2. The first kappa shape index (κ1) is 21.7. The molecule has 0 spiro atoms. The molecular formula is C24H29FN4OS. The molecule has 0 bridgehead atoms. The van der Waals surface area contributed by atoms with Crippen LogP contribution in [0.1, 0.15) is 42.1 Å². The quantitative estimate of drug-likeness (QED) is 0.520. The minimum atomic E-state index is -0.281. The van der Waals surface area contributed by atoms with E-state index in [0.29, 0.717) is 25.2 Å². The van der Waals surface area contributed by atoms with Crippen molar-refractivity contribution in [3.8, 4) is 5.69 Å². The van der Waals surface area contributed by atoms with Crippen molar-refractivity contribution < 1.29 is 9.18 Å². The maximum Gasteiger partial charge on any atom is 0.228 e. The molecule has 1 aromatic carbocycles. The molecule has 1 amide bonds. The Kier molecular flexibility index (Phi) is 6.83. The SMILES string of the molecule is CCCN1CCc2c(c(CN(CC)C(=O)Cc3cccs3)nn2-c2ccccc2F)C1. The average Bonchev–Trinajstić information content (AvgIpc) is 3.40. The first-order valence-corrected chi connectivity index (χ1v) is 11.9. The molecule has 1 aliphatic heterocycles. The molecule has 3 aromatic rings. The van der Waals surface area contributed by atoms with Gasteiger partial charge in [-0.2, -0.15) is 5.10 Å². The normalized spacial score (nSPS) is 13.9. The van der Waals surface area contributed by atoms with Gasteiger partial charge in [0.05, 0.1) is 24.4 Å². The molecule has 3 heterocycles. The van der Waals surface area contributed by atoms with Gasteiger partial charge in [0.25, 0.3) is 0 Å². The van der Waals surface area contributed by atoms with Crippen LogP contribution in [0, 0.1) is 5.82 Å². The Morgan fingerprint density at radius 2 is 2.06 bits per heavy atom. The minimum absolute atomic E-state index is 0.0976. The van der Waals surface area contributed by atoms with E-state index in [1.807, 2.05) is 35.4 Å². The van der Waals surface area contributed by atoms with Crippen molar-refractivity contribution in [2.45, 2.75) is 46.2 Å². The highest BCUT2D eigenvalue weighted by atomic mass is 32.1. The van der Waals surface area contributed by atoms with Crippen LogP contribution in [0.25, 0.3) is 5.69 Å². The van der Waals surface area contributed by atoms with Gasteiger partial charge in [0.2, 0.25) is 5.91 Å². The molecule has 0 atom stereocenters. The standard InChI is InChI=1S/C24H29FN4OS/c1-3-12-27-13-11-22-19(16-27)21(26-29(22)23-10-6-5-9-20(23)25)17-28(4-2)24(30)15-18-8-7-14-31-18/h5-10,14H,3-4,11-13,15-17H2,1-2H3. The third-order valence-corrected chi connectivity index (χ3v) is 6.70. The van der Waals surface area contributed by atoms with Crippen LogP contribution in [0.2, 0.25) is 0 Å². The van der Waals surface area contributed by atoms with Gasteiger partial charge in [0, 0.05) is 36.5 Å². The summed E-state index contributed by atoms with van der Waals surface area (Å²) in [6.45, 7) is 8.00. The summed E-state index contributed by atoms with van der Waals surface area (Å²) in [5, 5.41) is 6.84. The summed E-state index contributed by atoms with van der Waals surface area (Å²) in [5.41, 5.74) is 3.56. The summed E-state index contributed by atoms with van der Waals surface area (Å²) >= 11 is 1.60. The number of amides is 1. The van der Waals surface area contributed by atoms with Crippen molar-refractivity contribution in [1.82, 2.24) is 19.6 Å². The Bertz CT molecular complexity index is 1030. The Hall–Kier alpha value is -2.51. The number of halogens is 1. The summed E-state index contributed by atoms with van der Waals surface area (Å²) in [5.74, 6) is -0.183. The van der Waals surface area contributed by atoms with Crippen LogP contribution in [0.3, 0.4) is 0 Å². The molecule has 5 nitrogen and oxygen atoms in total. The number of hydrogen-bond donors (Lipinski definition) is 0. The van der Waals surface area contributed by atoms with Crippen LogP contribution in [-0.2, 0) is 30.7 Å². The fraction of sp³-hybridized carbons (Fsp3) is 0.417. The molecule has 31 heavy (non-hydrogen) atoms. The molecule has 2 aromatic heterocycles. The molecule has 164 valence electrons. The predicted molar refractivity (Wildman–Crippen MR) is 122 cm³/mol. The topological polar surface area (TPSA) is 41.4 Å². The van der Waals surface area contributed by atoms with E-state index in [0.717, 1.165) is 54.3 Å². The number of carbonyl (C=O) groups excluding carboxylic acids is 1. The Morgan fingerprint density at radius 3 is 2.77 bits per heavy atom. The summed E-state index contributed by atoms with van der Waals surface area (Å²) in [4.78, 5) is 18.3. The summed E-state index contributed by atoms with van der Waals surface area (Å²) < 4.78 is 16.4. The number of hydrogen-bond acceptors (Lipinski definition) is 4. The Balaban J connectivity index is 1.66. The molecule has 4 rings (SSSR count). The van der Waals surface area contributed by atoms with E-state index in [1.54, 1.807) is 28.2 Å². The minimum Gasteiger partial charge on any atom is -0.337 e. The van der Waals surface area contributed by atoms with Crippen LogP contribution < -0.4 is 0 Å². The van der Waals surface area contributed by atoms with E-state index in [-0.39, 0.29) is 11.7 Å². The van der Waals surface area contributed by atoms with Gasteiger partial charge >= 0.3 is 0 Å². The summed E-state index contributed by atoms with van der Waals surface area (Å²) in [6.07, 6.45) is 2.32. The molecule has 0 fully saturated rings. The number of nitrogens with zero attached hydrogens (tertiary/aromatic N) is 4. The molecular weight excluding hydrogens is 411 g/mol. The highest BCUT2D eigenvalue weighted by Gasteiger charge is 2.27. The number of para-hydroxylation sites is 1. The summed E-state index contributed by atoms with van der Waals surface area (Å²) in [7, 11) is 0. The maximum atomic E-state index is 14.6. The Morgan fingerprint density at radius 1 is 1.23 bits per heavy atom. The molecule has 0 radical (unpaired) electrons. The Labute approximate surface area is 187 Å². The second kappa shape index (κ2) is 9.75. The molecule has 0 unspecified atom stereocenters. The largest absolute Gasteiger partial charge is 0.337 e. The molecule has 0 saturated carbocycles. The van der Waals surface area contributed by atoms with Gasteiger partial charge in [-0.1, -0.05) is 25.1 Å². The monoisotopic (exact) mass is 440 g/mol. The number of likely N-dealkylation sites (N-methyl/N-ethyl adjacent to an activating group) is 1. The van der Waals surface area contributed by atoms with E-state index in [4.69, 9.17) is 5.10 Å². The zero-order chi connectivity index (χ0) is 21.8. The van der Waals surface area contributed by atoms with Crippen LogP contribution in [0.15, 0.2) is 41.8 Å². The number of fused-ring (bicyclic) bond motifs is 1. The van der Waals surface area contributed by atoms with Gasteiger partial charge in [0.15, 0.2) is 0 Å². The second-order valence-electron chi connectivity index (χ2n) is 7.93. The lowest BCUT2D eigenvalue weighted by molar-refractivity contribution is -0.130. The van der Waals surface area contributed by atoms with Crippen LogP contribution in [0.5, 0.6) is 0 Å². The van der Waals surface area contributed by atoms with Gasteiger partial charge in [0.1, 0.15) is 11.5 Å². The highest BCUT2D eigenvalue weighted by molar-refractivity contribution is 7.10. The van der Waals surface area contributed by atoms with Gasteiger partial charge in [-0.25, -0.2) is 9.07 Å². The van der Waals surface area contributed by atoms with Gasteiger partial charge in [-0.15, -0.1) is 11.3 Å². The number of thiophene rings is 1. The lowest BCUT2D eigenvalue weighted by Crippen LogP contribution is -2.34. The van der Waals surface area contributed by atoms with Gasteiger partial charge in [-0.3, -0.25) is 9.69 Å². The zero-order valence-corrected chi connectivity index (χ0v) is 19.0. The summed E-state index contributed by atoms with van der Waals surface area (Å²) in [6, 6.07) is 10.7. The number of rotatable bonds is 8. The van der Waals surface area contributed by atoms with Gasteiger partial charge in [-0.05, 0) is 43.5 Å². The third-order valence-electron chi connectivity index (χ3n) is 5.82. The van der Waals surface area contributed by atoms with E-state index in [1.165, 1.54) is 6.07 Å². The average molecular weight is 441 g/mol. The van der Waals surface area contributed by atoms with E-state index >= 15 is 0 Å². The fourth-order valence-electron chi connectivity index (χ4n) is 4.23. The first-order valence-electron chi connectivity index (χ1n) is 11.0. The van der Waals surface area contributed by atoms with Crippen molar-refractivity contribution in [3.05, 3.63) is 69.4 Å².